The lowest BCUT2D eigenvalue weighted by Crippen LogP contribution is -2.54. The summed E-state index contributed by atoms with van der Waals surface area (Å²) in [5.41, 5.74) is -3.18. The van der Waals surface area contributed by atoms with Gasteiger partial charge in [0.05, 0.1) is 5.60 Å². The molecule has 0 saturated heterocycles. The molecule has 0 heterocycles. The Kier molecular flexibility index (Phi) is 3.53. The molecule has 0 atom stereocenters. The van der Waals surface area contributed by atoms with Crippen molar-refractivity contribution in [2.45, 2.75) is 59.2 Å². The molecular weight excluding hydrogens is 212 g/mol. The Morgan fingerprint density at radius 3 is 1.27 bits per heavy atom. The predicted octanol–water partition coefficient (Wildman–Crippen LogP) is 4.08. The standard InChI is InChI=1S/C10H18F4O/c1-7(2,3)9(11,12)10(13,14)15-8(4,5)6/h1-6H3. The maximum Gasteiger partial charge on any atom is 0.420 e. The molecule has 0 saturated carbocycles. The molecule has 0 unspecified atom stereocenters. The first-order chi connectivity index (χ1) is 6.21. The van der Waals surface area contributed by atoms with Crippen LogP contribution in [0.4, 0.5) is 17.6 Å². The minimum absolute atomic E-state index is 1.05. The van der Waals surface area contributed by atoms with Gasteiger partial charge in [0.25, 0.3) is 0 Å². The second-order valence-corrected chi connectivity index (χ2v) is 5.56. The highest BCUT2D eigenvalue weighted by Gasteiger charge is 2.65. The van der Waals surface area contributed by atoms with E-state index >= 15 is 0 Å². The van der Waals surface area contributed by atoms with Crippen LogP contribution in [0.5, 0.6) is 0 Å². The van der Waals surface area contributed by atoms with Crippen LogP contribution >= 0.6 is 0 Å². The van der Waals surface area contributed by atoms with Gasteiger partial charge >= 0.3 is 12.0 Å². The molecule has 0 aliphatic rings. The Morgan fingerprint density at radius 2 is 1.07 bits per heavy atom. The first-order valence-corrected chi connectivity index (χ1v) is 4.66. The molecule has 0 spiro atoms. The second-order valence-electron chi connectivity index (χ2n) is 5.56. The van der Waals surface area contributed by atoms with Crippen molar-refractivity contribution in [2.75, 3.05) is 0 Å². The maximum atomic E-state index is 13.4. The molecule has 5 heteroatoms. The van der Waals surface area contributed by atoms with Crippen LogP contribution in [0.3, 0.4) is 0 Å². The van der Waals surface area contributed by atoms with Gasteiger partial charge in [-0.05, 0) is 20.8 Å². The molecule has 1 nitrogen and oxygen atoms in total. The lowest BCUT2D eigenvalue weighted by Gasteiger charge is -2.38. The van der Waals surface area contributed by atoms with Gasteiger partial charge in [0.2, 0.25) is 0 Å². The molecule has 15 heavy (non-hydrogen) atoms. The summed E-state index contributed by atoms with van der Waals surface area (Å²) < 4.78 is 57.3. The summed E-state index contributed by atoms with van der Waals surface area (Å²) in [6.07, 6.45) is -4.47. The third-order valence-corrected chi connectivity index (χ3v) is 1.74. The highest BCUT2D eigenvalue weighted by atomic mass is 19.3. The molecule has 0 bridgehead atoms. The fourth-order valence-corrected chi connectivity index (χ4v) is 0.885. The van der Waals surface area contributed by atoms with Gasteiger partial charge in [0.1, 0.15) is 0 Å². The van der Waals surface area contributed by atoms with Gasteiger partial charge in [-0.25, -0.2) is 0 Å². The van der Waals surface area contributed by atoms with Gasteiger partial charge in [-0.1, -0.05) is 20.8 Å². The Balaban J connectivity index is 5.03. The quantitative estimate of drug-likeness (QED) is 0.649. The van der Waals surface area contributed by atoms with E-state index in [0.29, 0.717) is 0 Å². The van der Waals surface area contributed by atoms with Crippen LogP contribution in [0.2, 0.25) is 0 Å². The average Bonchev–Trinajstić information content (AvgIpc) is 1.77. The average molecular weight is 230 g/mol. The maximum absolute atomic E-state index is 13.4. The normalized spacial score (nSPS) is 15.6. The minimum Gasteiger partial charge on any atom is -0.310 e. The van der Waals surface area contributed by atoms with E-state index in [0.717, 1.165) is 20.8 Å². The summed E-state index contributed by atoms with van der Waals surface area (Å²) in [4.78, 5) is 0. The van der Waals surface area contributed by atoms with Crippen LogP contribution < -0.4 is 0 Å². The van der Waals surface area contributed by atoms with Crippen molar-refractivity contribution in [3.05, 3.63) is 0 Å². The fourth-order valence-electron chi connectivity index (χ4n) is 0.885. The molecule has 0 rings (SSSR count). The lowest BCUT2D eigenvalue weighted by atomic mass is 9.87. The van der Waals surface area contributed by atoms with Crippen LogP contribution in [-0.2, 0) is 4.74 Å². The number of halogens is 4. The van der Waals surface area contributed by atoms with Gasteiger partial charge < -0.3 is 4.74 Å². The van der Waals surface area contributed by atoms with Crippen molar-refractivity contribution in [2.24, 2.45) is 5.41 Å². The number of hydrogen-bond donors (Lipinski definition) is 0. The van der Waals surface area contributed by atoms with Crippen molar-refractivity contribution in [3.8, 4) is 0 Å². The lowest BCUT2D eigenvalue weighted by molar-refractivity contribution is -0.396. The van der Waals surface area contributed by atoms with Crippen molar-refractivity contribution in [1.82, 2.24) is 0 Å². The zero-order chi connectivity index (χ0) is 12.7. The van der Waals surface area contributed by atoms with E-state index in [1.165, 1.54) is 20.8 Å². The largest absolute Gasteiger partial charge is 0.420 e. The molecule has 0 fully saturated rings. The number of alkyl halides is 4. The van der Waals surface area contributed by atoms with E-state index < -0.39 is 23.0 Å². The topological polar surface area (TPSA) is 9.23 Å². The Bertz CT molecular complexity index is 223. The highest BCUT2D eigenvalue weighted by Crippen LogP contribution is 2.48. The highest BCUT2D eigenvalue weighted by molar-refractivity contribution is 4.90. The summed E-state index contributed by atoms with van der Waals surface area (Å²) in [5, 5.41) is 0. The van der Waals surface area contributed by atoms with Crippen LogP contribution in [0.15, 0.2) is 0 Å². The molecule has 0 aliphatic heterocycles. The number of rotatable bonds is 2. The molecule has 0 aliphatic carbocycles. The van der Waals surface area contributed by atoms with Gasteiger partial charge in [0.15, 0.2) is 0 Å². The van der Waals surface area contributed by atoms with E-state index in [1.807, 2.05) is 0 Å². The molecule has 0 amide bonds. The van der Waals surface area contributed by atoms with Gasteiger partial charge in [0, 0.05) is 5.41 Å². The number of ether oxygens (including phenoxy) is 1. The fraction of sp³-hybridized carbons (Fsp3) is 1.00. The van der Waals surface area contributed by atoms with E-state index in [-0.39, 0.29) is 0 Å². The Morgan fingerprint density at radius 1 is 0.733 bits per heavy atom. The first kappa shape index (κ1) is 14.7. The summed E-state index contributed by atoms with van der Waals surface area (Å²) in [6.45, 7) is 7.06. The van der Waals surface area contributed by atoms with Crippen molar-refractivity contribution in [1.29, 1.82) is 0 Å². The summed E-state index contributed by atoms with van der Waals surface area (Å²) in [5.74, 6) is -4.21. The van der Waals surface area contributed by atoms with E-state index in [4.69, 9.17) is 0 Å². The van der Waals surface area contributed by atoms with E-state index in [2.05, 4.69) is 4.74 Å². The van der Waals surface area contributed by atoms with Crippen molar-refractivity contribution in [3.63, 3.8) is 0 Å². The third kappa shape index (κ3) is 3.33. The van der Waals surface area contributed by atoms with Crippen molar-refractivity contribution < 1.29 is 22.3 Å². The predicted molar refractivity (Wildman–Crippen MR) is 50.2 cm³/mol. The monoisotopic (exact) mass is 230 g/mol. The molecule has 92 valence electrons. The number of hydrogen-bond acceptors (Lipinski definition) is 1. The molecule has 0 aromatic rings. The molecule has 0 aromatic carbocycles. The van der Waals surface area contributed by atoms with Crippen LogP contribution in [0.1, 0.15) is 41.5 Å². The molecule has 0 N–H and O–H groups in total. The van der Waals surface area contributed by atoms with Gasteiger partial charge in [-0.3, -0.25) is 0 Å². The van der Waals surface area contributed by atoms with Gasteiger partial charge in [-0.15, -0.1) is 0 Å². The summed E-state index contributed by atoms with van der Waals surface area (Å²) in [7, 11) is 0. The smallest absolute Gasteiger partial charge is 0.310 e. The Labute approximate surface area is 87.8 Å². The van der Waals surface area contributed by atoms with Crippen LogP contribution in [-0.4, -0.2) is 17.6 Å². The van der Waals surface area contributed by atoms with E-state index in [1.54, 1.807) is 0 Å². The summed E-state index contributed by atoms with van der Waals surface area (Å²) in [6, 6.07) is 0. The Hall–Kier alpha value is -0.320. The zero-order valence-corrected chi connectivity index (χ0v) is 9.92. The SMILES string of the molecule is CC(C)(C)OC(F)(F)C(F)(F)C(C)(C)C. The minimum atomic E-state index is -4.47. The molecule has 0 aromatic heterocycles. The first-order valence-electron chi connectivity index (χ1n) is 4.66. The third-order valence-electron chi connectivity index (χ3n) is 1.74. The van der Waals surface area contributed by atoms with Crippen LogP contribution in [0, 0.1) is 5.41 Å². The molecule has 0 radical (unpaired) electrons. The van der Waals surface area contributed by atoms with Crippen molar-refractivity contribution >= 4 is 0 Å². The van der Waals surface area contributed by atoms with Crippen LogP contribution in [0.25, 0.3) is 0 Å². The van der Waals surface area contributed by atoms with Gasteiger partial charge in [-0.2, -0.15) is 17.6 Å². The summed E-state index contributed by atoms with van der Waals surface area (Å²) >= 11 is 0. The second kappa shape index (κ2) is 3.61. The van der Waals surface area contributed by atoms with E-state index in [9.17, 15) is 17.6 Å². The molecular formula is C10H18F4O. The zero-order valence-electron chi connectivity index (χ0n) is 9.92.